The van der Waals surface area contributed by atoms with Crippen molar-refractivity contribution >= 4 is 26.2 Å². The van der Waals surface area contributed by atoms with Crippen LogP contribution in [0.2, 0.25) is 18.1 Å². The zero-order valence-electron chi connectivity index (χ0n) is 25.5. The summed E-state index contributed by atoms with van der Waals surface area (Å²) in [7, 11) is -2.26. The molecule has 220 valence electrons. The molecule has 1 N–H and O–H groups in total. The van der Waals surface area contributed by atoms with Gasteiger partial charge in [0.25, 0.3) is 0 Å². The highest BCUT2D eigenvalue weighted by atomic mass is 28.4. The lowest BCUT2D eigenvalue weighted by molar-refractivity contribution is -0.171. The highest BCUT2D eigenvalue weighted by Crippen LogP contribution is 2.38. The molecule has 40 heavy (non-hydrogen) atoms. The highest BCUT2D eigenvalue weighted by molar-refractivity contribution is 6.74. The van der Waals surface area contributed by atoms with E-state index in [1.54, 1.807) is 0 Å². The lowest BCUT2D eigenvalue weighted by Crippen LogP contribution is -2.55. The van der Waals surface area contributed by atoms with Crippen molar-refractivity contribution in [3.05, 3.63) is 71.8 Å². The Balaban J connectivity index is 2.21. The molecule has 0 fully saturated rings. The topological polar surface area (TPSA) is 90.9 Å². The van der Waals surface area contributed by atoms with Crippen molar-refractivity contribution in [1.82, 2.24) is 5.32 Å². The number of amides is 1. The summed E-state index contributed by atoms with van der Waals surface area (Å²) in [4.78, 5) is 40.0. The van der Waals surface area contributed by atoms with E-state index in [-0.39, 0.29) is 35.8 Å². The van der Waals surface area contributed by atoms with Gasteiger partial charge in [-0.15, -0.1) is 0 Å². The van der Waals surface area contributed by atoms with Crippen LogP contribution in [0.4, 0.5) is 0 Å². The minimum atomic E-state index is -2.26. The van der Waals surface area contributed by atoms with Gasteiger partial charge in [0, 0.05) is 6.42 Å². The molecule has 0 saturated carbocycles. The molecule has 1 amide bonds. The summed E-state index contributed by atoms with van der Waals surface area (Å²) in [6.45, 7) is 18.1. The number of hydrogen-bond donors (Lipinski definition) is 1. The largest absolute Gasteiger partial charge is 0.458 e. The molecule has 3 atom stereocenters. The molecule has 0 bridgehead atoms. The molecular weight excluding hydrogens is 522 g/mol. The second-order valence-electron chi connectivity index (χ2n) is 12.5. The van der Waals surface area contributed by atoms with Gasteiger partial charge in [-0.05, 0) is 41.1 Å². The molecule has 0 saturated heterocycles. The lowest BCUT2D eigenvalue weighted by Gasteiger charge is -2.40. The van der Waals surface area contributed by atoms with Crippen molar-refractivity contribution in [2.45, 2.75) is 97.9 Å². The predicted molar refractivity (Wildman–Crippen MR) is 160 cm³/mol. The van der Waals surface area contributed by atoms with Crippen LogP contribution in [0.15, 0.2) is 60.7 Å². The fourth-order valence-electron chi connectivity index (χ4n) is 3.76. The van der Waals surface area contributed by atoms with Crippen LogP contribution in [-0.2, 0) is 41.3 Å². The highest BCUT2D eigenvalue weighted by Gasteiger charge is 2.42. The summed E-state index contributed by atoms with van der Waals surface area (Å²) in [6, 6.07) is 17.7. The average Bonchev–Trinajstić information content (AvgIpc) is 2.88. The number of ether oxygens (including phenoxy) is 2. The third-order valence-electron chi connectivity index (χ3n) is 7.32. The molecule has 0 aliphatic rings. The second kappa shape index (κ2) is 14.6. The monoisotopic (exact) mass is 569 g/mol. The van der Waals surface area contributed by atoms with Gasteiger partial charge in [0.1, 0.15) is 18.8 Å². The first-order valence-electron chi connectivity index (χ1n) is 14.1. The van der Waals surface area contributed by atoms with Gasteiger partial charge >= 0.3 is 11.9 Å². The molecule has 0 aromatic heterocycles. The van der Waals surface area contributed by atoms with E-state index >= 15 is 0 Å². The van der Waals surface area contributed by atoms with Gasteiger partial charge in [0.2, 0.25) is 12.0 Å². The van der Waals surface area contributed by atoms with Gasteiger partial charge in [0.15, 0.2) is 8.32 Å². The van der Waals surface area contributed by atoms with Crippen LogP contribution >= 0.6 is 0 Å². The average molecular weight is 570 g/mol. The van der Waals surface area contributed by atoms with E-state index in [0.29, 0.717) is 0 Å². The normalized spacial score (nSPS) is 14.4. The Hall–Kier alpha value is -2.97. The Morgan fingerprint density at radius 2 is 1.32 bits per heavy atom. The van der Waals surface area contributed by atoms with E-state index in [9.17, 15) is 14.4 Å². The first kappa shape index (κ1) is 33.2. The van der Waals surface area contributed by atoms with Crippen LogP contribution in [0.5, 0.6) is 0 Å². The van der Waals surface area contributed by atoms with Crippen LogP contribution in [0.3, 0.4) is 0 Å². The summed E-state index contributed by atoms with van der Waals surface area (Å²) in [5.41, 5.74) is 1.65. The number of carbonyl (C=O) groups excluding carboxylic acids is 3. The van der Waals surface area contributed by atoms with Gasteiger partial charge < -0.3 is 19.2 Å². The molecule has 0 spiro atoms. The van der Waals surface area contributed by atoms with Crippen LogP contribution in [0.1, 0.15) is 59.6 Å². The number of esters is 2. The van der Waals surface area contributed by atoms with Crippen molar-refractivity contribution < 1.29 is 28.3 Å². The standard InChI is InChI=1S/C32H47NO6Si/c1-22(2)27(33-29(34)28(23(3)4)39-40(8,9)32(5,6)7)31(36)38-26(20-24-16-12-10-13-17-24)30(35)37-21-25-18-14-11-15-19-25/h10-19,22-23,26-28H,20-21H2,1-9H3,(H,33,34)/t26-,27-,28-/m0/s1. The minimum absolute atomic E-state index is 0.0632. The smallest absolute Gasteiger partial charge is 0.348 e. The Morgan fingerprint density at radius 1 is 0.800 bits per heavy atom. The fraction of sp³-hybridized carbons (Fsp3) is 0.531. The quantitative estimate of drug-likeness (QED) is 0.233. The lowest BCUT2D eigenvalue weighted by atomic mass is 10.0. The molecule has 0 heterocycles. The predicted octanol–water partition coefficient (Wildman–Crippen LogP) is 6.07. The minimum Gasteiger partial charge on any atom is -0.458 e. The van der Waals surface area contributed by atoms with E-state index in [4.69, 9.17) is 13.9 Å². The van der Waals surface area contributed by atoms with Crippen LogP contribution in [0.25, 0.3) is 0 Å². The summed E-state index contributed by atoms with van der Waals surface area (Å²) < 4.78 is 17.7. The molecule has 2 aromatic rings. The van der Waals surface area contributed by atoms with E-state index in [2.05, 4.69) is 39.2 Å². The third kappa shape index (κ3) is 9.89. The summed E-state index contributed by atoms with van der Waals surface area (Å²) in [5.74, 6) is -2.07. The van der Waals surface area contributed by atoms with E-state index in [1.165, 1.54) is 0 Å². The Kier molecular flexibility index (Phi) is 12.1. The summed E-state index contributed by atoms with van der Waals surface area (Å²) >= 11 is 0. The molecular formula is C32H47NO6Si. The molecule has 0 aliphatic heterocycles. The van der Waals surface area contributed by atoms with Gasteiger partial charge in [-0.25, -0.2) is 9.59 Å². The molecule has 0 aliphatic carbocycles. The van der Waals surface area contributed by atoms with E-state index in [1.807, 2.05) is 88.4 Å². The molecule has 7 nitrogen and oxygen atoms in total. The maximum atomic E-state index is 13.5. The summed E-state index contributed by atoms with van der Waals surface area (Å²) in [6.07, 6.45) is -1.73. The Morgan fingerprint density at radius 3 is 1.80 bits per heavy atom. The van der Waals surface area contributed by atoms with Gasteiger partial charge in [-0.3, -0.25) is 4.79 Å². The van der Waals surface area contributed by atoms with E-state index < -0.39 is 38.5 Å². The van der Waals surface area contributed by atoms with Crippen LogP contribution in [0, 0.1) is 11.8 Å². The SMILES string of the molecule is CC(C)[C@H](NC(=O)[C@@H](O[Si](C)(C)C(C)(C)C)C(C)C)C(=O)O[C@@H](Cc1ccccc1)C(=O)OCc1ccccc1. The number of carbonyl (C=O) groups is 3. The molecule has 0 unspecified atom stereocenters. The Labute approximate surface area is 241 Å². The molecule has 2 aromatic carbocycles. The number of hydrogen-bond acceptors (Lipinski definition) is 6. The van der Waals surface area contributed by atoms with Gasteiger partial charge in [-0.1, -0.05) is 109 Å². The maximum absolute atomic E-state index is 13.5. The van der Waals surface area contributed by atoms with Gasteiger partial charge in [-0.2, -0.15) is 0 Å². The first-order valence-corrected chi connectivity index (χ1v) is 17.0. The van der Waals surface area contributed by atoms with Crippen molar-refractivity contribution in [3.8, 4) is 0 Å². The summed E-state index contributed by atoms with van der Waals surface area (Å²) in [5, 5.41) is 2.79. The number of rotatable bonds is 13. The van der Waals surface area contributed by atoms with Crippen molar-refractivity contribution in [3.63, 3.8) is 0 Å². The zero-order valence-corrected chi connectivity index (χ0v) is 26.5. The zero-order chi connectivity index (χ0) is 30.1. The third-order valence-corrected chi connectivity index (χ3v) is 11.8. The van der Waals surface area contributed by atoms with Crippen LogP contribution < -0.4 is 5.32 Å². The van der Waals surface area contributed by atoms with Crippen molar-refractivity contribution in [1.29, 1.82) is 0 Å². The fourth-order valence-corrected chi connectivity index (χ4v) is 5.12. The number of nitrogens with one attached hydrogen (secondary N) is 1. The van der Waals surface area contributed by atoms with E-state index in [0.717, 1.165) is 11.1 Å². The van der Waals surface area contributed by atoms with Crippen molar-refractivity contribution in [2.24, 2.45) is 11.8 Å². The Bertz CT molecular complexity index is 1100. The molecule has 2 rings (SSSR count). The molecule has 8 heteroatoms. The first-order chi connectivity index (χ1) is 18.6. The van der Waals surface area contributed by atoms with Gasteiger partial charge in [0.05, 0.1) is 0 Å². The van der Waals surface area contributed by atoms with Crippen LogP contribution in [-0.4, -0.2) is 44.4 Å². The van der Waals surface area contributed by atoms with Crippen molar-refractivity contribution in [2.75, 3.05) is 0 Å². The number of benzene rings is 2. The maximum Gasteiger partial charge on any atom is 0.348 e. The molecule has 0 radical (unpaired) electrons. The second-order valence-corrected chi connectivity index (χ2v) is 17.2.